The first-order chi connectivity index (χ1) is 9.97. The molecule has 0 aromatic heterocycles. The molecule has 0 amide bonds. The maximum absolute atomic E-state index is 11.1. The fourth-order valence-corrected chi connectivity index (χ4v) is 1.11. The molecule has 0 rings (SSSR count). The molecule has 6 nitrogen and oxygen atoms in total. The second-order valence-corrected chi connectivity index (χ2v) is 4.68. The van der Waals surface area contributed by atoms with Crippen LogP contribution in [-0.2, 0) is 19.1 Å². The molecule has 6 heteroatoms. The molecule has 0 spiro atoms. The molecule has 21 heavy (non-hydrogen) atoms. The molecule has 0 saturated heterocycles. The maximum Gasteiger partial charge on any atom is 0.305 e. The van der Waals surface area contributed by atoms with Crippen LogP contribution in [0.5, 0.6) is 0 Å². The van der Waals surface area contributed by atoms with Crippen LogP contribution in [0.3, 0.4) is 0 Å². The Morgan fingerprint density at radius 2 is 1.29 bits per heavy atom. The van der Waals surface area contributed by atoms with Gasteiger partial charge in [-0.2, -0.15) is 0 Å². The molecule has 0 heterocycles. The summed E-state index contributed by atoms with van der Waals surface area (Å²) in [6.45, 7) is 6.27. The summed E-state index contributed by atoms with van der Waals surface area (Å²) < 4.78 is 9.82. The smallest absolute Gasteiger partial charge is 0.305 e. The van der Waals surface area contributed by atoms with E-state index >= 15 is 0 Å². The zero-order valence-corrected chi connectivity index (χ0v) is 13.5. The summed E-state index contributed by atoms with van der Waals surface area (Å²) in [6, 6.07) is 0. The van der Waals surface area contributed by atoms with Crippen molar-refractivity contribution in [3.8, 4) is 0 Å². The van der Waals surface area contributed by atoms with Crippen LogP contribution in [-0.4, -0.2) is 48.1 Å². The van der Waals surface area contributed by atoms with Crippen molar-refractivity contribution in [3.63, 3.8) is 0 Å². The van der Waals surface area contributed by atoms with Crippen molar-refractivity contribution in [3.05, 3.63) is 0 Å². The number of esters is 2. The minimum atomic E-state index is -0.560. The summed E-state index contributed by atoms with van der Waals surface area (Å²) in [7, 11) is 0. The highest BCUT2D eigenvalue weighted by Crippen LogP contribution is 2.03. The van der Waals surface area contributed by atoms with E-state index in [1.165, 1.54) is 6.92 Å². The number of hydrogen-bond acceptors (Lipinski definition) is 6. The lowest BCUT2D eigenvalue weighted by atomic mass is 10.2. The van der Waals surface area contributed by atoms with Gasteiger partial charge in [-0.15, -0.1) is 0 Å². The Labute approximate surface area is 127 Å². The largest absolute Gasteiger partial charge is 0.466 e. The fraction of sp³-hybridized carbons (Fsp3) is 0.867. The van der Waals surface area contributed by atoms with E-state index in [1.54, 1.807) is 0 Å². The molecule has 0 saturated carbocycles. The summed E-state index contributed by atoms with van der Waals surface area (Å²) in [5, 5.41) is 16.0. The van der Waals surface area contributed by atoms with E-state index in [2.05, 4.69) is 0 Å². The van der Waals surface area contributed by atoms with Gasteiger partial charge in [-0.3, -0.25) is 9.59 Å². The first-order valence-electron chi connectivity index (χ1n) is 7.58. The number of unbranched alkanes of at least 4 members (excludes halogenated alkanes) is 1. The predicted octanol–water partition coefficient (Wildman–Crippen LogP) is 1.81. The molecular formula is C15H30O6. The van der Waals surface area contributed by atoms with E-state index in [9.17, 15) is 9.59 Å². The van der Waals surface area contributed by atoms with E-state index in [0.29, 0.717) is 38.9 Å². The molecule has 0 aliphatic heterocycles. The monoisotopic (exact) mass is 306 g/mol. The summed E-state index contributed by atoms with van der Waals surface area (Å²) in [6.07, 6.45) is 3.27. The minimum absolute atomic E-state index is 0.139. The molecule has 2 N–H and O–H groups in total. The van der Waals surface area contributed by atoms with E-state index in [4.69, 9.17) is 19.7 Å². The Morgan fingerprint density at radius 1 is 0.952 bits per heavy atom. The molecule has 0 bridgehead atoms. The van der Waals surface area contributed by atoms with Crippen LogP contribution in [0, 0.1) is 0 Å². The molecule has 1 atom stereocenters. The highest BCUT2D eigenvalue weighted by molar-refractivity contribution is 5.70. The summed E-state index contributed by atoms with van der Waals surface area (Å²) in [5.41, 5.74) is 0. The zero-order chi connectivity index (χ0) is 16.5. The Morgan fingerprint density at radius 3 is 1.52 bits per heavy atom. The van der Waals surface area contributed by atoms with Crippen molar-refractivity contribution in [2.24, 2.45) is 0 Å². The molecule has 1 unspecified atom stereocenters. The van der Waals surface area contributed by atoms with E-state index in [-0.39, 0.29) is 18.5 Å². The number of hydrogen-bond donors (Lipinski definition) is 2. The SMILES string of the molecule is CC(O)CO.CCCOC(=O)CCCCC(=O)OCCC. The van der Waals surface area contributed by atoms with Crippen molar-refractivity contribution in [2.45, 2.75) is 65.4 Å². The quantitative estimate of drug-likeness (QED) is 0.472. The lowest BCUT2D eigenvalue weighted by Gasteiger charge is -2.03. The first kappa shape index (κ1) is 22.1. The normalized spacial score (nSPS) is 11.1. The van der Waals surface area contributed by atoms with Gasteiger partial charge in [-0.05, 0) is 32.6 Å². The standard InChI is InChI=1S/C12H22O4.C3H8O2/c1-3-9-15-11(13)7-5-6-8-12(14)16-10-4-2;1-3(5)2-4/h3-10H2,1-2H3;3-5H,2H2,1H3. The van der Waals surface area contributed by atoms with Crippen molar-refractivity contribution in [1.82, 2.24) is 0 Å². The summed E-state index contributed by atoms with van der Waals surface area (Å²) >= 11 is 0. The number of carbonyl (C=O) groups excluding carboxylic acids is 2. The van der Waals surface area contributed by atoms with Gasteiger partial charge in [0.2, 0.25) is 0 Å². The highest BCUT2D eigenvalue weighted by Gasteiger charge is 2.05. The van der Waals surface area contributed by atoms with Gasteiger partial charge in [0.25, 0.3) is 0 Å². The van der Waals surface area contributed by atoms with Gasteiger partial charge in [0.15, 0.2) is 0 Å². The minimum Gasteiger partial charge on any atom is -0.466 e. The lowest BCUT2D eigenvalue weighted by Crippen LogP contribution is -2.07. The van der Waals surface area contributed by atoms with Crippen LogP contribution in [0.4, 0.5) is 0 Å². The van der Waals surface area contributed by atoms with Crippen LogP contribution >= 0.6 is 0 Å². The number of aliphatic hydroxyl groups is 2. The third kappa shape index (κ3) is 21.3. The molecule has 0 aromatic rings. The zero-order valence-electron chi connectivity index (χ0n) is 13.5. The van der Waals surface area contributed by atoms with Crippen molar-refractivity contribution in [2.75, 3.05) is 19.8 Å². The Bertz CT molecular complexity index is 231. The maximum atomic E-state index is 11.1. The number of rotatable bonds is 10. The molecular weight excluding hydrogens is 276 g/mol. The number of carbonyl (C=O) groups is 2. The summed E-state index contributed by atoms with van der Waals surface area (Å²) in [4.78, 5) is 22.2. The van der Waals surface area contributed by atoms with Crippen LogP contribution < -0.4 is 0 Å². The van der Waals surface area contributed by atoms with Crippen LogP contribution in [0.2, 0.25) is 0 Å². The van der Waals surface area contributed by atoms with Crippen molar-refractivity contribution in [1.29, 1.82) is 0 Å². The Balaban J connectivity index is 0. The van der Waals surface area contributed by atoms with Gasteiger partial charge >= 0.3 is 11.9 Å². The average Bonchev–Trinajstić information content (AvgIpc) is 2.47. The molecule has 0 fully saturated rings. The van der Waals surface area contributed by atoms with Gasteiger partial charge in [-0.1, -0.05) is 13.8 Å². The van der Waals surface area contributed by atoms with Crippen LogP contribution in [0.15, 0.2) is 0 Å². The first-order valence-corrected chi connectivity index (χ1v) is 7.58. The van der Waals surface area contributed by atoms with Crippen molar-refractivity contribution >= 4 is 11.9 Å². The predicted molar refractivity (Wildman–Crippen MR) is 79.7 cm³/mol. The third-order valence-electron chi connectivity index (χ3n) is 2.21. The van der Waals surface area contributed by atoms with Crippen LogP contribution in [0.25, 0.3) is 0 Å². The molecule has 126 valence electrons. The second kappa shape index (κ2) is 16.9. The highest BCUT2D eigenvalue weighted by atomic mass is 16.5. The Kier molecular flexibility index (Phi) is 17.8. The fourth-order valence-electron chi connectivity index (χ4n) is 1.11. The van der Waals surface area contributed by atoms with Crippen molar-refractivity contribution < 1.29 is 29.3 Å². The molecule has 0 aliphatic carbocycles. The molecule has 0 aliphatic rings. The van der Waals surface area contributed by atoms with Gasteiger partial charge in [-0.25, -0.2) is 0 Å². The number of aliphatic hydroxyl groups excluding tert-OH is 2. The van der Waals surface area contributed by atoms with E-state index in [0.717, 1.165) is 12.8 Å². The average molecular weight is 306 g/mol. The topological polar surface area (TPSA) is 93.1 Å². The molecule has 0 radical (unpaired) electrons. The summed E-state index contributed by atoms with van der Waals surface area (Å²) in [5.74, 6) is -0.354. The van der Waals surface area contributed by atoms with Gasteiger partial charge in [0.1, 0.15) is 0 Å². The van der Waals surface area contributed by atoms with Gasteiger partial charge in [0, 0.05) is 12.8 Å². The Hall–Kier alpha value is -1.14. The van der Waals surface area contributed by atoms with Gasteiger partial charge in [0.05, 0.1) is 25.9 Å². The van der Waals surface area contributed by atoms with Gasteiger partial charge < -0.3 is 19.7 Å². The van der Waals surface area contributed by atoms with E-state index < -0.39 is 6.10 Å². The third-order valence-corrected chi connectivity index (χ3v) is 2.21. The number of ether oxygens (including phenoxy) is 2. The second-order valence-electron chi connectivity index (χ2n) is 4.68. The lowest BCUT2D eigenvalue weighted by molar-refractivity contribution is -0.145. The van der Waals surface area contributed by atoms with Crippen LogP contribution in [0.1, 0.15) is 59.3 Å². The van der Waals surface area contributed by atoms with E-state index in [1.807, 2.05) is 13.8 Å². The molecule has 0 aromatic carbocycles.